The molecule has 1 aliphatic carbocycles. The molecule has 2 atom stereocenters. The Morgan fingerprint density at radius 2 is 1.80 bits per heavy atom. The normalized spacial score (nSPS) is 20.9. The van der Waals surface area contributed by atoms with E-state index in [2.05, 4.69) is 35.7 Å². The van der Waals surface area contributed by atoms with Crippen molar-refractivity contribution in [2.45, 2.75) is 70.4 Å². The molecule has 0 spiro atoms. The van der Waals surface area contributed by atoms with Gasteiger partial charge in [-0.15, -0.1) is 0 Å². The van der Waals surface area contributed by atoms with Crippen LogP contribution in [0.25, 0.3) is 0 Å². The molecule has 0 radical (unpaired) electrons. The van der Waals surface area contributed by atoms with Gasteiger partial charge in [-0.1, -0.05) is 60.2 Å². The summed E-state index contributed by atoms with van der Waals surface area (Å²) in [5, 5.41) is 12.5. The van der Waals surface area contributed by atoms with Crippen LogP contribution in [0, 0.1) is 11.3 Å². The molecule has 1 aliphatic heterocycles. The number of likely N-dealkylation sites (tertiary alicyclic amines) is 1. The first kappa shape index (κ1) is 30.0. The van der Waals surface area contributed by atoms with E-state index in [1.54, 1.807) is 6.92 Å². The average molecular weight is 552 g/mol. The molecule has 1 heterocycles. The van der Waals surface area contributed by atoms with Crippen LogP contribution in [0.15, 0.2) is 90.2 Å². The zero-order valence-corrected chi connectivity index (χ0v) is 24.1. The van der Waals surface area contributed by atoms with Crippen molar-refractivity contribution in [3.63, 3.8) is 0 Å². The van der Waals surface area contributed by atoms with Gasteiger partial charge in [-0.2, -0.15) is 5.26 Å². The maximum atomic E-state index is 13.3. The molecule has 2 aliphatic rings. The number of ether oxygens (including phenoxy) is 1. The van der Waals surface area contributed by atoms with Crippen LogP contribution in [-0.2, 0) is 20.7 Å². The number of hydrogen-bond donors (Lipinski definition) is 1. The minimum atomic E-state index is -0.325. The second kappa shape index (κ2) is 15.7. The summed E-state index contributed by atoms with van der Waals surface area (Å²) in [6.45, 7) is 3.71. The van der Waals surface area contributed by atoms with Gasteiger partial charge in [0.25, 0.3) is 0 Å². The van der Waals surface area contributed by atoms with E-state index in [1.807, 2.05) is 59.5 Å². The summed E-state index contributed by atoms with van der Waals surface area (Å²) in [5.74, 6) is 1.21. The Hall–Kier alpha value is -3.95. The number of carbonyl (C=O) groups is 2. The number of benzene rings is 2. The lowest BCUT2D eigenvalue weighted by Crippen LogP contribution is -2.30. The Bertz CT molecular complexity index is 1290. The van der Waals surface area contributed by atoms with E-state index in [1.165, 1.54) is 5.57 Å². The monoisotopic (exact) mass is 551 g/mol. The summed E-state index contributed by atoms with van der Waals surface area (Å²) in [4.78, 5) is 26.8. The van der Waals surface area contributed by atoms with Crippen LogP contribution < -0.4 is 5.32 Å². The summed E-state index contributed by atoms with van der Waals surface area (Å²) in [5.41, 5.74) is 4.07. The Balaban J connectivity index is 1.23. The molecule has 1 fully saturated rings. The third kappa shape index (κ3) is 9.58. The van der Waals surface area contributed by atoms with Crippen LogP contribution in [-0.4, -0.2) is 42.3 Å². The van der Waals surface area contributed by atoms with Crippen LogP contribution in [0.3, 0.4) is 0 Å². The average Bonchev–Trinajstić information content (AvgIpc) is 3.46. The lowest BCUT2D eigenvalue weighted by atomic mass is 9.97. The summed E-state index contributed by atoms with van der Waals surface area (Å²) >= 11 is 0. The molecule has 1 saturated heterocycles. The molecule has 2 aromatic rings. The largest absolute Gasteiger partial charge is 0.489 e. The van der Waals surface area contributed by atoms with E-state index in [-0.39, 0.29) is 23.8 Å². The number of nitriles is 1. The van der Waals surface area contributed by atoms with Gasteiger partial charge in [-0.05, 0) is 73.9 Å². The lowest BCUT2D eigenvalue weighted by Gasteiger charge is -2.18. The number of unbranched alkanes of at least 4 members (excludes halogenated alkanes) is 1. The third-order valence-electron chi connectivity index (χ3n) is 7.71. The van der Waals surface area contributed by atoms with Gasteiger partial charge in [0.2, 0.25) is 5.91 Å². The van der Waals surface area contributed by atoms with Crippen molar-refractivity contribution in [3.05, 3.63) is 107 Å². The molecule has 1 amide bonds. The van der Waals surface area contributed by atoms with E-state index < -0.39 is 0 Å². The van der Waals surface area contributed by atoms with Crippen LogP contribution in [0.1, 0.15) is 74.6 Å². The van der Waals surface area contributed by atoms with Crippen LogP contribution in [0.5, 0.6) is 0 Å². The third-order valence-corrected chi connectivity index (χ3v) is 7.71. The van der Waals surface area contributed by atoms with Crippen LogP contribution >= 0.6 is 0 Å². The van der Waals surface area contributed by atoms with Crippen LogP contribution in [0.2, 0.25) is 0 Å². The van der Waals surface area contributed by atoms with Gasteiger partial charge >= 0.3 is 0 Å². The van der Waals surface area contributed by atoms with E-state index in [4.69, 9.17) is 10.00 Å². The Labute approximate surface area is 244 Å². The number of nitrogens with one attached hydrogen (secondary N) is 1. The second-order valence-electron chi connectivity index (χ2n) is 10.8. The molecule has 1 N–H and O–H groups in total. The minimum absolute atomic E-state index is 0.0583. The zero-order valence-electron chi connectivity index (χ0n) is 24.1. The summed E-state index contributed by atoms with van der Waals surface area (Å²) in [6.07, 6.45) is 15.5. The number of hydrogen-bond acceptors (Lipinski definition) is 5. The number of ketones is 1. The van der Waals surface area contributed by atoms with Crippen molar-refractivity contribution in [1.29, 1.82) is 5.26 Å². The minimum Gasteiger partial charge on any atom is -0.489 e. The number of nitrogens with zero attached hydrogens (tertiary/aromatic N) is 2. The summed E-state index contributed by atoms with van der Waals surface area (Å²) in [6, 6.07) is 19.4. The van der Waals surface area contributed by atoms with Gasteiger partial charge < -0.3 is 15.0 Å². The Morgan fingerprint density at radius 1 is 1.02 bits per heavy atom. The van der Waals surface area contributed by atoms with Crippen molar-refractivity contribution in [1.82, 2.24) is 10.2 Å². The Kier molecular flexibility index (Phi) is 11.5. The van der Waals surface area contributed by atoms with Gasteiger partial charge in [0.05, 0.1) is 24.2 Å². The molecule has 6 heteroatoms. The lowest BCUT2D eigenvalue weighted by molar-refractivity contribution is -0.128. The SMILES string of the molecule is CC(=O)N1CC[C@@H](OC2=C/CC/C=C(CCCCC(=O)[C@@H](NCCc3ccc(C#N)cc3)c3ccccc3)/C=C\2)C1. The van der Waals surface area contributed by atoms with Crippen molar-refractivity contribution in [2.24, 2.45) is 0 Å². The highest BCUT2D eigenvalue weighted by atomic mass is 16.5. The molecule has 214 valence electrons. The quantitative estimate of drug-likeness (QED) is 0.293. The fourth-order valence-electron chi connectivity index (χ4n) is 5.34. The molecule has 0 bridgehead atoms. The molecule has 41 heavy (non-hydrogen) atoms. The standard InChI is InChI=1S/C35H41N3O3/c1-27(39)38-24-22-33(26-38)41-32-13-7-5-9-28(19-20-32)10-6-8-14-34(40)35(31-11-3-2-4-12-31)37-23-21-29-15-17-30(25-36)18-16-29/h2-4,9,11-13,15-20,33,35,37H,5-8,10,14,21-24,26H2,1H3/b20-19-,28-9+,32-13+/t33-,35+/m1/s1. The Morgan fingerprint density at radius 3 is 2.54 bits per heavy atom. The number of Topliss-reactive ketones (excluding diaryl/α,β-unsaturated/α-hetero) is 1. The highest BCUT2D eigenvalue weighted by molar-refractivity contribution is 5.85. The first-order valence-electron chi connectivity index (χ1n) is 14.8. The maximum Gasteiger partial charge on any atom is 0.219 e. The maximum absolute atomic E-state index is 13.3. The fraction of sp³-hybridized carbons (Fsp3) is 0.400. The zero-order chi connectivity index (χ0) is 28.9. The van der Waals surface area contributed by atoms with Gasteiger partial charge in [-0.3, -0.25) is 9.59 Å². The topological polar surface area (TPSA) is 82.4 Å². The van der Waals surface area contributed by atoms with E-state index in [0.717, 1.165) is 68.4 Å². The molecule has 4 rings (SSSR count). The molecule has 0 unspecified atom stereocenters. The molecular formula is C35H41N3O3. The second-order valence-corrected chi connectivity index (χ2v) is 10.8. The molecule has 0 saturated carbocycles. The summed E-state index contributed by atoms with van der Waals surface area (Å²) < 4.78 is 6.20. The van der Waals surface area contributed by atoms with Gasteiger partial charge in [0.15, 0.2) is 5.78 Å². The first-order valence-corrected chi connectivity index (χ1v) is 14.8. The molecule has 2 aromatic carbocycles. The van der Waals surface area contributed by atoms with E-state index in [9.17, 15) is 9.59 Å². The predicted molar refractivity (Wildman–Crippen MR) is 162 cm³/mol. The molecule has 0 aromatic heterocycles. The highest BCUT2D eigenvalue weighted by Gasteiger charge is 2.25. The number of carbonyl (C=O) groups excluding carboxylic acids is 2. The van der Waals surface area contributed by atoms with Crippen molar-refractivity contribution >= 4 is 11.7 Å². The van der Waals surface area contributed by atoms with Crippen LogP contribution in [0.4, 0.5) is 0 Å². The van der Waals surface area contributed by atoms with Gasteiger partial charge in [0.1, 0.15) is 11.9 Å². The number of rotatable bonds is 13. The number of amides is 1. The van der Waals surface area contributed by atoms with Gasteiger partial charge in [-0.25, -0.2) is 0 Å². The smallest absolute Gasteiger partial charge is 0.219 e. The number of allylic oxidation sites excluding steroid dienone is 5. The summed E-state index contributed by atoms with van der Waals surface area (Å²) in [7, 11) is 0. The van der Waals surface area contributed by atoms with Gasteiger partial charge in [0, 0.05) is 32.9 Å². The van der Waals surface area contributed by atoms with E-state index in [0.29, 0.717) is 25.1 Å². The molecule has 6 nitrogen and oxygen atoms in total. The fourth-order valence-corrected chi connectivity index (χ4v) is 5.34. The van der Waals surface area contributed by atoms with E-state index >= 15 is 0 Å². The first-order chi connectivity index (χ1) is 20.0. The molecular weight excluding hydrogens is 510 g/mol. The van der Waals surface area contributed by atoms with Crippen molar-refractivity contribution in [2.75, 3.05) is 19.6 Å². The highest BCUT2D eigenvalue weighted by Crippen LogP contribution is 2.22. The van der Waals surface area contributed by atoms with Crippen molar-refractivity contribution < 1.29 is 14.3 Å². The van der Waals surface area contributed by atoms with Crippen molar-refractivity contribution in [3.8, 4) is 6.07 Å². The predicted octanol–water partition coefficient (Wildman–Crippen LogP) is 6.36.